The van der Waals surface area contributed by atoms with Crippen LogP contribution in [0, 0.1) is 0 Å². The summed E-state index contributed by atoms with van der Waals surface area (Å²) in [5.41, 5.74) is 0. The summed E-state index contributed by atoms with van der Waals surface area (Å²) in [7, 11) is 0. The second-order valence-electron chi connectivity index (χ2n) is 1.67. The zero-order valence-corrected chi connectivity index (χ0v) is 8.20. The van der Waals surface area contributed by atoms with Crippen LogP contribution in [0.2, 0.25) is 0 Å². The van der Waals surface area contributed by atoms with Crippen LogP contribution in [0.1, 0.15) is 19.3 Å². The number of hydrogen-bond acceptors (Lipinski definition) is 2. The van der Waals surface area contributed by atoms with Gasteiger partial charge in [-0.25, -0.2) is 0 Å². The van der Waals surface area contributed by atoms with E-state index in [9.17, 15) is 0 Å². The molecule has 2 N–H and O–H groups in total. The van der Waals surface area contributed by atoms with Crippen molar-refractivity contribution < 1.29 is 23.3 Å². The van der Waals surface area contributed by atoms with Crippen LogP contribution >= 0.6 is 0 Å². The van der Waals surface area contributed by atoms with E-state index in [1.807, 2.05) is 0 Å². The summed E-state index contributed by atoms with van der Waals surface area (Å²) < 4.78 is 9.69. The topological polar surface area (TPSA) is 35.2 Å². The average molecular weight is 168 g/mol. The number of nitrogens with two attached hydrogens (primary N) is 1. The summed E-state index contributed by atoms with van der Waals surface area (Å²) in [4.78, 5) is 0. The van der Waals surface area contributed by atoms with E-state index in [-0.39, 0.29) is 0 Å². The third kappa shape index (κ3) is 4.70. The van der Waals surface area contributed by atoms with Crippen molar-refractivity contribution in [2.24, 2.45) is 4.48 Å². The van der Waals surface area contributed by atoms with E-state index in [4.69, 9.17) is 4.74 Å². The summed E-state index contributed by atoms with van der Waals surface area (Å²) in [5.74, 6) is 0. The van der Waals surface area contributed by atoms with Crippen LogP contribution in [-0.4, -0.2) is 13.2 Å². The molecule has 1 heterocycles. The van der Waals surface area contributed by atoms with Crippen LogP contribution in [0.4, 0.5) is 0 Å². The molecule has 3 heteroatoms. The number of ether oxygens (including phenoxy) is 1. The Kier molecular flexibility index (Phi) is 8.06. The molecule has 0 aliphatic carbocycles. The molecule has 0 radical (unpaired) electrons. The van der Waals surface area contributed by atoms with Crippen LogP contribution in [0.3, 0.4) is 0 Å². The Morgan fingerprint density at radius 2 is 1.50 bits per heavy atom. The maximum absolute atomic E-state index is 5.07. The van der Waals surface area contributed by atoms with E-state index < -0.39 is 0 Å². The van der Waals surface area contributed by atoms with Gasteiger partial charge in [0.25, 0.3) is 0 Å². The average Bonchev–Trinajstić information content (AvgIpc) is 1.96. The summed E-state index contributed by atoms with van der Waals surface area (Å²) in [6, 6.07) is 0. The van der Waals surface area contributed by atoms with Gasteiger partial charge >= 0.3 is 23.0 Å². The molecule has 1 aliphatic heterocycles. The molecule has 45 valence electrons. The molecule has 0 atom stereocenters. The van der Waals surface area contributed by atoms with E-state index >= 15 is 0 Å². The molecule has 2 nitrogen and oxygen atoms in total. The molecule has 0 unspecified atom stereocenters. The molecule has 0 amide bonds. The minimum absolute atomic E-state index is 0.875. The molecule has 1 aliphatic rings. The zero-order chi connectivity index (χ0) is 6.24. The van der Waals surface area contributed by atoms with E-state index in [0.717, 1.165) is 31.8 Å². The van der Waals surface area contributed by atoms with Gasteiger partial charge in [0.05, 0.1) is 0 Å². The van der Waals surface area contributed by atoms with Crippen molar-refractivity contribution in [1.29, 1.82) is 0 Å². The van der Waals surface area contributed by atoms with Crippen LogP contribution in [0.5, 0.6) is 0 Å². The normalized spacial score (nSPS) is 18.9. The molecule has 1 fully saturated rings. The molecule has 0 aromatic carbocycles. The Balaban J connectivity index is 0.000000222. The molecular formula is C5H12NOZn. The Bertz CT molecular complexity index is 27.9. The van der Waals surface area contributed by atoms with Crippen molar-refractivity contribution in [3.63, 3.8) is 0 Å². The Morgan fingerprint density at radius 3 is 1.62 bits per heavy atom. The van der Waals surface area contributed by atoms with Gasteiger partial charge in [0.15, 0.2) is 0 Å². The minimum atomic E-state index is 0.875. The SMILES string of the molecule is C1CCOCC1.[NH2][Zn]. The zero-order valence-electron chi connectivity index (χ0n) is 5.23. The Hall–Kier alpha value is 0.543. The molecule has 8 heavy (non-hydrogen) atoms. The maximum atomic E-state index is 5.07. The van der Waals surface area contributed by atoms with E-state index in [1.54, 1.807) is 0 Å². The summed E-state index contributed by atoms with van der Waals surface area (Å²) >= 11 is 0.875. The van der Waals surface area contributed by atoms with E-state index in [0.29, 0.717) is 0 Å². The first-order valence-corrected chi connectivity index (χ1v) is 4.70. The van der Waals surface area contributed by atoms with Crippen LogP contribution in [-0.2, 0) is 23.3 Å². The van der Waals surface area contributed by atoms with Crippen LogP contribution in [0.25, 0.3) is 0 Å². The molecule has 0 spiro atoms. The molecule has 1 rings (SSSR count). The molecule has 0 aromatic rings. The van der Waals surface area contributed by atoms with Crippen molar-refractivity contribution in [3.05, 3.63) is 0 Å². The van der Waals surface area contributed by atoms with Gasteiger partial charge in [0.2, 0.25) is 0 Å². The fraction of sp³-hybridized carbons (Fsp3) is 1.00. The first kappa shape index (κ1) is 8.54. The standard InChI is InChI=1S/C5H10O.H2N.Zn/c1-2-4-6-5-3-1;;/h1-5H2;1H2;/q;-1;+1. The molecular weight excluding hydrogens is 155 g/mol. The van der Waals surface area contributed by atoms with Gasteiger partial charge in [0.1, 0.15) is 0 Å². The quantitative estimate of drug-likeness (QED) is 0.536. The monoisotopic (exact) mass is 166 g/mol. The van der Waals surface area contributed by atoms with Gasteiger partial charge in [-0.3, -0.25) is 0 Å². The van der Waals surface area contributed by atoms with E-state index in [1.165, 1.54) is 19.3 Å². The summed E-state index contributed by atoms with van der Waals surface area (Å²) in [6.45, 7) is 2.00. The predicted molar refractivity (Wildman–Crippen MR) is 28.9 cm³/mol. The van der Waals surface area contributed by atoms with Gasteiger partial charge in [-0.05, 0) is 19.3 Å². The fourth-order valence-electron chi connectivity index (χ4n) is 0.687. The van der Waals surface area contributed by atoms with Crippen molar-refractivity contribution in [1.82, 2.24) is 0 Å². The number of rotatable bonds is 0. The van der Waals surface area contributed by atoms with Crippen molar-refractivity contribution in [3.8, 4) is 0 Å². The van der Waals surface area contributed by atoms with Crippen molar-refractivity contribution >= 4 is 0 Å². The second kappa shape index (κ2) is 7.54. The molecule has 1 saturated heterocycles. The van der Waals surface area contributed by atoms with Crippen molar-refractivity contribution in [2.45, 2.75) is 19.3 Å². The molecule has 0 saturated carbocycles. The van der Waals surface area contributed by atoms with E-state index in [2.05, 4.69) is 4.48 Å². The second-order valence-corrected chi connectivity index (χ2v) is 1.67. The molecule has 0 bridgehead atoms. The predicted octanol–water partition coefficient (Wildman–Crippen LogP) is 0.594. The first-order chi connectivity index (χ1) is 4.00. The fourth-order valence-corrected chi connectivity index (χ4v) is 0.687. The molecule has 0 aromatic heterocycles. The Labute approximate surface area is 60.7 Å². The number of hydrogen-bond donors (Lipinski definition) is 1. The summed E-state index contributed by atoms with van der Waals surface area (Å²) in [5, 5.41) is 0. The van der Waals surface area contributed by atoms with Crippen molar-refractivity contribution in [2.75, 3.05) is 13.2 Å². The van der Waals surface area contributed by atoms with Crippen LogP contribution in [0.15, 0.2) is 0 Å². The Morgan fingerprint density at radius 1 is 1.00 bits per heavy atom. The van der Waals surface area contributed by atoms with Gasteiger partial charge in [-0.1, -0.05) is 0 Å². The van der Waals surface area contributed by atoms with Gasteiger partial charge < -0.3 is 4.74 Å². The van der Waals surface area contributed by atoms with Gasteiger partial charge in [-0.15, -0.1) is 0 Å². The third-order valence-electron chi connectivity index (χ3n) is 1.08. The van der Waals surface area contributed by atoms with Gasteiger partial charge in [0, 0.05) is 13.2 Å². The summed E-state index contributed by atoms with van der Waals surface area (Å²) in [6.07, 6.45) is 3.93. The van der Waals surface area contributed by atoms with Crippen LogP contribution < -0.4 is 4.48 Å². The first-order valence-electron chi connectivity index (χ1n) is 2.99. The third-order valence-corrected chi connectivity index (χ3v) is 1.08. The van der Waals surface area contributed by atoms with Gasteiger partial charge in [-0.2, -0.15) is 0 Å².